The van der Waals surface area contributed by atoms with Gasteiger partial charge in [-0.1, -0.05) is 42.5 Å². The standard InChI is InChI=1S/C25H23ClN2O4S/c26-22-20(33-19-10-2-1-9-18(19)28(31)32)11-17-21(22)16-8-4-7-15-14-6-3-5-13(14)12-27(23(15)16)24(17)25(29)30/h1-4,6-10,13-14,17,20-22,24H,5,11-12H2,(H,29,30). The molecule has 1 saturated carbocycles. The number of hydrogen-bond acceptors (Lipinski definition) is 5. The molecule has 0 spiro atoms. The molecule has 4 aliphatic rings. The summed E-state index contributed by atoms with van der Waals surface area (Å²) < 4.78 is 0. The van der Waals surface area contributed by atoms with Gasteiger partial charge >= 0.3 is 5.97 Å². The van der Waals surface area contributed by atoms with E-state index in [1.54, 1.807) is 18.2 Å². The average Bonchev–Trinajstić information content (AvgIpc) is 3.39. The van der Waals surface area contributed by atoms with E-state index in [1.807, 2.05) is 0 Å². The molecule has 2 aliphatic carbocycles. The minimum Gasteiger partial charge on any atom is -0.480 e. The van der Waals surface area contributed by atoms with E-state index in [9.17, 15) is 20.0 Å². The number of aliphatic carboxylic acids is 1. The summed E-state index contributed by atoms with van der Waals surface area (Å²) in [5.74, 6) is -0.318. The fourth-order valence-electron chi connectivity index (χ4n) is 6.57. The van der Waals surface area contributed by atoms with E-state index in [1.165, 1.54) is 23.4 Å². The van der Waals surface area contributed by atoms with Crippen LogP contribution < -0.4 is 4.90 Å². The number of allylic oxidation sites excluding steroid dienone is 2. The molecule has 0 radical (unpaired) electrons. The number of carboxylic acids is 1. The quantitative estimate of drug-likeness (QED) is 0.271. The molecule has 2 aromatic carbocycles. The molecule has 0 bridgehead atoms. The fraction of sp³-hybridized carbons (Fsp3) is 0.400. The highest BCUT2D eigenvalue weighted by Crippen LogP contribution is 2.59. The van der Waals surface area contributed by atoms with Crippen LogP contribution in [0.2, 0.25) is 0 Å². The highest BCUT2D eigenvalue weighted by atomic mass is 35.5. The smallest absolute Gasteiger partial charge is 0.326 e. The normalized spacial score (nSPS) is 33.4. The zero-order chi connectivity index (χ0) is 22.9. The van der Waals surface area contributed by atoms with Crippen molar-refractivity contribution in [3.63, 3.8) is 0 Å². The summed E-state index contributed by atoms with van der Waals surface area (Å²) in [5.41, 5.74) is 3.47. The summed E-state index contributed by atoms with van der Waals surface area (Å²) >= 11 is 8.51. The van der Waals surface area contributed by atoms with Gasteiger partial charge in [-0.2, -0.15) is 0 Å². The Morgan fingerprint density at radius 1 is 1.18 bits per heavy atom. The number of fused-ring (bicyclic) bond motifs is 4. The second-order valence-corrected chi connectivity index (χ2v) is 11.2. The topological polar surface area (TPSA) is 83.7 Å². The van der Waals surface area contributed by atoms with Crippen LogP contribution in [0.5, 0.6) is 0 Å². The van der Waals surface area contributed by atoms with Gasteiger partial charge < -0.3 is 10.0 Å². The van der Waals surface area contributed by atoms with Crippen molar-refractivity contribution in [3.8, 4) is 0 Å². The van der Waals surface area contributed by atoms with Crippen LogP contribution in [-0.4, -0.2) is 39.2 Å². The number of thioether (sulfide) groups is 1. The van der Waals surface area contributed by atoms with Gasteiger partial charge in [0.1, 0.15) is 6.04 Å². The Hall–Kier alpha value is -2.51. The predicted molar refractivity (Wildman–Crippen MR) is 128 cm³/mol. The monoisotopic (exact) mass is 482 g/mol. The number of para-hydroxylation sites is 2. The molecule has 0 amide bonds. The molecule has 1 N–H and O–H groups in total. The Morgan fingerprint density at radius 2 is 1.97 bits per heavy atom. The number of rotatable bonds is 4. The van der Waals surface area contributed by atoms with Gasteiger partial charge in [0.25, 0.3) is 5.69 Å². The third-order valence-electron chi connectivity index (χ3n) is 7.82. The molecule has 2 aromatic rings. The molecular formula is C25H23ClN2O4S. The van der Waals surface area contributed by atoms with E-state index in [2.05, 4.69) is 35.3 Å². The van der Waals surface area contributed by atoms with Crippen molar-refractivity contribution < 1.29 is 14.8 Å². The van der Waals surface area contributed by atoms with Crippen molar-refractivity contribution in [3.05, 3.63) is 75.9 Å². The summed E-state index contributed by atoms with van der Waals surface area (Å²) in [4.78, 5) is 26.5. The van der Waals surface area contributed by atoms with Crippen LogP contribution in [-0.2, 0) is 4.79 Å². The Kier molecular flexibility index (Phi) is 4.96. The van der Waals surface area contributed by atoms with Crippen LogP contribution in [0.1, 0.15) is 35.8 Å². The van der Waals surface area contributed by atoms with Gasteiger partial charge in [0, 0.05) is 35.4 Å². The summed E-state index contributed by atoms with van der Waals surface area (Å²) in [6.07, 6.45) is 6.06. The van der Waals surface area contributed by atoms with E-state index in [-0.39, 0.29) is 33.1 Å². The maximum atomic E-state index is 12.6. The Labute approximate surface area is 200 Å². The number of nitrogens with zero attached hydrogens (tertiary/aromatic N) is 2. The van der Waals surface area contributed by atoms with Gasteiger partial charge in [-0.3, -0.25) is 10.1 Å². The van der Waals surface area contributed by atoms with Crippen molar-refractivity contribution in [1.29, 1.82) is 0 Å². The number of nitro benzene ring substituents is 1. The number of hydrogen-bond donors (Lipinski definition) is 1. The lowest BCUT2D eigenvalue weighted by Gasteiger charge is -2.49. The van der Waals surface area contributed by atoms with Gasteiger partial charge in [0.2, 0.25) is 0 Å². The van der Waals surface area contributed by atoms with Crippen LogP contribution in [0.15, 0.2) is 59.5 Å². The van der Waals surface area contributed by atoms with Crippen LogP contribution in [0, 0.1) is 22.0 Å². The number of nitro groups is 1. The third-order valence-corrected chi connectivity index (χ3v) is 9.94. The van der Waals surface area contributed by atoms with Crippen molar-refractivity contribution in [1.82, 2.24) is 0 Å². The van der Waals surface area contributed by atoms with Crippen LogP contribution >= 0.6 is 23.4 Å². The number of benzene rings is 2. The molecule has 0 aromatic heterocycles. The maximum Gasteiger partial charge on any atom is 0.326 e. The number of carboxylic acid groups (broad SMARTS) is 1. The van der Waals surface area contributed by atoms with Gasteiger partial charge in [0.15, 0.2) is 0 Å². The van der Waals surface area contributed by atoms with Crippen molar-refractivity contribution >= 4 is 40.7 Å². The van der Waals surface area contributed by atoms with E-state index in [0.717, 1.165) is 24.2 Å². The summed E-state index contributed by atoms with van der Waals surface area (Å²) in [6.45, 7) is 0.733. The molecule has 6 rings (SSSR count). The molecule has 7 atom stereocenters. The van der Waals surface area contributed by atoms with Gasteiger partial charge in [0.05, 0.1) is 15.2 Å². The first-order valence-electron chi connectivity index (χ1n) is 11.3. The molecule has 33 heavy (non-hydrogen) atoms. The third kappa shape index (κ3) is 3.12. The SMILES string of the molecule is O=C(O)C1C2CC(Sc3ccccc3[N+](=O)[O-])C(Cl)C2c2cccc3c2N1CC1CC=CC31. The predicted octanol–water partition coefficient (Wildman–Crippen LogP) is 5.41. The molecule has 170 valence electrons. The minimum atomic E-state index is -0.810. The lowest BCUT2D eigenvalue weighted by molar-refractivity contribution is -0.387. The zero-order valence-electron chi connectivity index (χ0n) is 17.7. The summed E-state index contributed by atoms with van der Waals surface area (Å²) in [7, 11) is 0. The van der Waals surface area contributed by atoms with Crippen molar-refractivity contribution in [2.45, 2.75) is 46.2 Å². The molecule has 8 heteroatoms. The number of anilines is 1. The summed E-state index contributed by atoms with van der Waals surface area (Å²) in [6, 6.07) is 12.4. The first kappa shape index (κ1) is 21.1. The van der Waals surface area contributed by atoms with Crippen LogP contribution in [0.3, 0.4) is 0 Å². The second-order valence-electron chi connectivity index (χ2n) is 9.42. The van der Waals surface area contributed by atoms with Crippen LogP contribution in [0.25, 0.3) is 0 Å². The first-order chi connectivity index (χ1) is 16.0. The van der Waals surface area contributed by atoms with Gasteiger partial charge in [-0.15, -0.1) is 23.4 Å². The van der Waals surface area contributed by atoms with E-state index in [4.69, 9.17) is 11.6 Å². The van der Waals surface area contributed by atoms with Gasteiger partial charge in [-0.25, -0.2) is 4.79 Å². The van der Waals surface area contributed by atoms with E-state index >= 15 is 0 Å². The number of alkyl halides is 1. The first-order valence-corrected chi connectivity index (χ1v) is 12.6. The van der Waals surface area contributed by atoms with E-state index < -0.39 is 12.0 Å². The number of carbonyl (C=O) groups is 1. The molecule has 1 fully saturated rings. The largest absolute Gasteiger partial charge is 0.480 e. The Balaban J connectivity index is 1.42. The molecule has 7 unspecified atom stereocenters. The Morgan fingerprint density at radius 3 is 2.76 bits per heavy atom. The molecular weight excluding hydrogens is 460 g/mol. The average molecular weight is 483 g/mol. The zero-order valence-corrected chi connectivity index (χ0v) is 19.3. The summed E-state index contributed by atoms with van der Waals surface area (Å²) in [5, 5.41) is 21.5. The molecule has 6 nitrogen and oxygen atoms in total. The van der Waals surface area contributed by atoms with Crippen molar-refractivity contribution in [2.75, 3.05) is 11.4 Å². The molecule has 0 saturated heterocycles. The second kappa shape index (κ2) is 7.77. The molecule has 2 aliphatic heterocycles. The maximum absolute atomic E-state index is 12.6. The van der Waals surface area contributed by atoms with Crippen molar-refractivity contribution in [2.24, 2.45) is 11.8 Å². The minimum absolute atomic E-state index is 0.0675. The lowest BCUT2D eigenvalue weighted by atomic mass is 9.72. The van der Waals surface area contributed by atoms with E-state index in [0.29, 0.717) is 23.2 Å². The highest BCUT2D eigenvalue weighted by molar-refractivity contribution is 8.00. The number of halogens is 1. The highest BCUT2D eigenvalue weighted by Gasteiger charge is 2.56. The fourth-order valence-corrected chi connectivity index (χ4v) is 8.51. The lowest BCUT2D eigenvalue weighted by Crippen LogP contribution is -2.55. The molecule has 2 heterocycles. The Bertz CT molecular complexity index is 1190. The van der Waals surface area contributed by atoms with Gasteiger partial charge in [-0.05, 0) is 41.9 Å². The van der Waals surface area contributed by atoms with Crippen LogP contribution in [0.4, 0.5) is 11.4 Å².